The lowest BCUT2D eigenvalue weighted by Gasteiger charge is -2.17. The van der Waals surface area contributed by atoms with E-state index in [0.29, 0.717) is 22.6 Å². The van der Waals surface area contributed by atoms with E-state index in [1.807, 2.05) is 33.9 Å². The SMILES string of the molecule is CCn1cc(Oc2cc(Cl)nc(C(C)(C)C)n2)cn1. The molecule has 0 aliphatic carbocycles. The average molecular weight is 281 g/mol. The first-order valence-electron chi connectivity index (χ1n) is 6.14. The third-order valence-corrected chi connectivity index (χ3v) is 2.69. The van der Waals surface area contributed by atoms with Gasteiger partial charge in [0.1, 0.15) is 11.0 Å². The fourth-order valence-electron chi connectivity index (χ4n) is 1.48. The van der Waals surface area contributed by atoms with Gasteiger partial charge in [-0.3, -0.25) is 4.68 Å². The lowest BCUT2D eigenvalue weighted by atomic mass is 9.96. The molecule has 102 valence electrons. The van der Waals surface area contributed by atoms with Gasteiger partial charge in [-0.15, -0.1) is 0 Å². The minimum absolute atomic E-state index is 0.184. The van der Waals surface area contributed by atoms with E-state index in [1.54, 1.807) is 16.9 Å². The van der Waals surface area contributed by atoms with Gasteiger partial charge in [-0.25, -0.2) is 4.98 Å². The molecule has 19 heavy (non-hydrogen) atoms. The Kier molecular flexibility index (Phi) is 3.75. The summed E-state index contributed by atoms with van der Waals surface area (Å²) in [5, 5.41) is 4.51. The lowest BCUT2D eigenvalue weighted by Crippen LogP contribution is -2.16. The normalized spacial score (nSPS) is 11.6. The van der Waals surface area contributed by atoms with Gasteiger partial charge >= 0.3 is 0 Å². The fraction of sp³-hybridized carbons (Fsp3) is 0.462. The smallest absolute Gasteiger partial charge is 0.224 e. The van der Waals surface area contributed by atoms with Gasteiger partial charge in [0, 0.05) is 18.0 Å². The number of hydrogen-bond acceptors (Lipinski definition) is 4. The first kappa shape index (κ1) is 13.8. The molecule has 0 saturated carbocycles. The van der Waals surface area contributed by atoms with Gasteiger partial charge in [0.25, 0.3) is 0 Å². The minimum atomic E-state index is -0.184. The summed E-state index contributed by atoms with van der Waals surface area (Å²) in [6, 6.07) is 1.60. The second-order valence-corrected chi connectivity index (χ2v) is 5.62. The zero-order valence-corrected chi connectivity index (χ0v) is 12.3. The molecule has 6 heteroatoms. The number of halogens is 1. The predicted molar refractivity (Wildman–Crippen MR) is 73.7 cm³/mol. The third kappa shape index (κ3) is 3.44. The van der Waals surface area contributed by atoms with Crippen molar-refractivity contribution < 1.29 is 4.74 Å². The monoisotopic (exact) mass is 280 g/mol. The Morgan fingerprint density at radius 3 is 2.63 bits per heavy atom. The van der Waals surface area contributed by atoms with Crippen molar-refractivity contribution in [2.75, 3.05) is 0 Å². The van der Waals surface area contributed by atoms with Crippen LogP contribution in [0.15, 0.2) is 18.5 Å². The summed E-state index contributed by atoms with van der Waals surface area (Å²) in [5.74, 6) is 1.72. The Bertz CT molecular complexity index is 574. The van der Waals surface area contributed by atoms with Crippen LogP contribution < -0.4 is 4.74 Å². The van der Waals surface area contributed by atoms with Gasteiger partial charge in [0.05, 0.1) is 12.4 Å². The van der Waals surface area contributed by atoms with E-state index in [4.69, 9.17) is 16.3 Å². The molecule has 0 aromatic carbocycles. The Balaban J connectivity index is 2.27. The molecule has 0 aliphatic rings. The highest BCUT2D eigenvalue weighted by atomic mass is 35.5. The number of hydrogen-bond donors (Lipinski definition) is 0. The first-order valence-corrected chi connectivity index (χ1v) is 6.51. The molecule has 0 amide bonds. The predicted octanol–water partition coefficient (Wildman–Crippen LogP) is 3.44. The van der Waals surface area contributed by atoms with Crippen LogP contribution in [0.1, 0.15) is 33.5 Å². The number of nitrogens with zero attached hydrogens (tertiary/aromatic N) is 4. The minimum Gasteiger partial charge on any atom is -0.436 e. The Morgan fingerprint density at radius 1 is 1.32 bits per heavy atom. The largest absolute Gasteiger partial charge is 0.436 e. The second-order valence-electron chi connectivity index (χ2n) is 5.24. The highest BCUT2D eigenvalue weighted by molar-refractivity contribution is 6.29. The molecule has 2 aromatic heterocycles. The van der Waals surface area contributed by atoms with Crippen LogP contribution in [0.25, 0.3) is 0 Å². The van der Waals surface area contributed by atoms with Gasteiger partial charge in [0.2, 0.25) is 5.88 Å². The van der Waals surface area contributed by atoms with E-state index in [-0.39, 0.29) is 5.41 Å². The van der Waals surface area contributed by atoms with Crippen LogP contribution in [-0.4, -0.2) is 19.7 Å². The molecule has 5 nitrogen and oxygen atoms in total. The van der Waals surface area contributed by atoms with Crippen molar-refractivity contribution in [3.05, 3.63) is 29.4 Å². The van der Waals surface area contributed by atoms with Crippen molar-refractivity contribution in [2.24, 2.45) is 0 Å². The quantitative estimate of drug-likeness (QED) is 0.808. The van der Waals surface area contributed by atoms with Crippen molar-refractivity contribution in [2.45, 2.75) is 39.7 Å². The van der Waals surface area contributed by atoms with E-state index < -0.39 is 0 Å². The van der Waals surface area contributed by atoms with Gasteiger partial charge in [-0.05, 0) is 6.92 Å². The maximum Gasteiger partial charge on any atom is 0.224 e. The molecule has 0 aliphatic heterocycles. The molecule has 0 bridgehead atoms. The molecule has 0 N–H and O–H groups in total. The van der Waals surface area contributed by atoms with E-state index in [0.717, 1.165) is 6.54 Å². The maximum absolute atomic E-state index is 6.00. The van der Waals surface area contributed by atoms with Gasteiger partial charge < -0.3 is 4.74 Å². The average Bonchev–Trinajstić information content (AvgIpc) is 2.75. The van der Waals surface area contributed by atoms with Gasteiger partial charge in [-0.2, -0.15) is 10.1 Å². The van der Waals surface area contributed by atoms with E-state index >= 15 is 0 Å². The van der Waals surface area contributed by atoms with Crippen LogP contribution in [-0.2, 0) is 12.0 Å². The summed E-state index contributed by atoms with van der Waals surface area (Å²) in [5.41, 5.74) is -0.184. The summed E-state index contributed by atoms with van der Waals surface area (Å²) in [6.07, 6.45) is 3.46. The zero-order valence-electron chi connectivity index (χ0n) is 11.5. The van der Waals surface area contributed by atoms with E-state index in [2.05, 4.69) is 15.1 Å². The van der Waals surface area contributed by atoms with Crippen LogP contribution in [0.4, 0.5) is 0 Å². The van der Waals surface area contributed by atoms with E-state index in [9.17, 15) is 0 Å². The first-order chi connectivity index (χ1) is 8.88. The van der Waals surface area contributed by atoms with Crippen LogP contribution in [0.3, 0.4) is 0 Å². The molecule has 0 spiro atoms. The molecule has 0 radical (unpaired) electrons. The number of rotatable bonds is 3. The van der Waals surface area contributed by atoms with E-state index in [1.165, 1.54) is 0 Å². The molecule has 0 saturated heterocycles. The molecule has 2 heterocycles. The van der Waals surface area contributed by atoms with Crippen molar-refractivity contribution in [1.82, 2.24) is 19.7 Å². The van der Waals surface area contributed by atoms with Gasteiger partial charge in [-0.1, -0.05) is 32.4 Å². The topological polar surface area (TPSA) is 52.8 Å². The standard InChI is InChI=1S/C13H17ClN4O/c1-5-18-8-9(7-15-18)19-11-6-10(14)16-12(17-11)13(2,3)4/h6-8H,5H2,1-4H3. The molecule has 2 aromatic rings. The van der Waals surface area contributed by atoms with Crippen LogP contribution in [0.5, 0.6) is 11.6 Å². The Labute approximate surface area is 117 Å². The number of aromatic nitrogens is 4. The van der Waals surface area contributed by atoms with Crippen LogP contribution in [0.2, 0.25) is 5.15 Å². The van der Waals surface area contributed by atoms with Crippen molar-refractivity contribution in [3.8, 4) is 11.6 Å². The molecular weight excluding hydrogens is 264 g/mol. The summed E-state index contributed by atoms with van der Waals surface area (Å²) < 4.78 is 7.44. The zero-order chi connectivity index (χ0) is 14.0. The lowest BCUT2D eigenvalue weighted by molar-refractivity contribution is 0.445. The summed E-state index contributed by atoms with van der Waals surface area (Å²) in [6.45, 7) is 8.88. The second kappa shape index (κ2) is 5.17. The molecule has 0 unspecified atom stereocenters. The Hall–Kier alpha value is -1.62. The summed E-state index contributed by atoms with van der Waals surface area (Å²) in [7, 11) is 0. The summed E-state index contributed by atoms with van der Waals surface area (Å²) >= 11 is 6.00. The van der Waals surface area contributed by atoms with Gasteiger partial charge in [0.15, 0.2) is 5.75 Å². The highest BCUT2D eigenvalue weighted by Crippen LogP contribution is 2.26. The third-order valence-electron chi connectivity index (χ3n) is 2.50. The molecule has 2 rings (SSSR count). The van der Waals surface area contributed by atoms with Crippen molar-refractivity contribution in [3.63, 3.8) is 0 Å². The maximum atomic E-state index is 6.00. The van der Waals surface area contributed by atoms with Crippen molar-refractivity contribution >= 4 is 11.6 Å². The highest BCUT2D eigenvalue weighted by Gasteiger charge is 2.19. The van der Waals surface area contributed by atoms with Crippen LogP contribution >= 0.6 is 11.6 Å². The number of aryl methyl sites for hydroxylation is 1. The van der Waals surface area contributed by atoms with Crippen molar-refractivity contribution in [1.29, 1.82) is 0 Å². The molecule has 0 fully saturated rings. The fourth-order valence-corrected chi connectivity index (χ4v) is 1.65. The molecular formula is C13H17ClN4O. The molecule has 0 atom stereocenters. The Morgan fingerprint density at radius 2 is 2.05 bits per heavy atom. The van der Waals surface area contributed by atoms with Crippen LogP contribution in [0, 0.1) is 0 Å². The summed E-state index contributed by atoms with van der Waals surface area (Å²) in [4.78, 5) is 8.60. The number of ether oxygens (including phenoxy) is 1.